The maximum Gasteiger partial charge on any atom is 0.573 e. The average Bonchev–Trinajstić information content (AvgIpc) is 3.47. The number of aromatic nitrogens is 2. The van der Waals surface area contributed by atoms with Gasteiger partial charge in [0.05, 0.1) is 33.8 Å². The summed E-state index contributed by atoms with van der Waals surface area (Å²) in [6.45, 7) is 2.38. The van der Waals surface area contributed by atoms with Crippen LogP contribution in [-0.2, 0) is 0 Å². The number of halogens is 5. The van der Waals surface area contributed by atoms with Crippen LogP contribution in [0.1, 0.15) is 51.7 Å². The van der Waals surface area contributed by atoms with Crippen molar-refractivity contribution in [1.82, 2.24) is 19.8 Å². The Morgan fingerprint density at radius 2 is 1.80 bits per heavy atom. The molecule has 1 saturated heterocycles. The Balaban J connectivity index is 1.25. The van der Waals surface area contributed by atoms with Crippen LogP contribution in [0, 0.1) is 5.92 Å². The number of benzene rings is 3. The number of H-pyrrole nitrogens is 1. The number of fused-ring (bicyclic) bond motifs is 1. The highest BCUT2D eigenvalue weighted by molar-refractivity contribution is 6.42. The molecule has 13 heteroatoms. The van der Waals surface area contributed by atoms with Crippen LogP contribution >= 0.6 is 23.2 Å². The number of likely N-dealkylation sites (N-methyl/N-ethyl adjacent to an activating group) is 1. The second kappa shape index (κ2) is 14.3. The minimum atomic E-state index is -4.91. The minimum absolute atomic E-state index is 0.0183. The van der Waals surface area contributed by atoms with Crippen molar-refractivity contribution in [3.05, 3.63) is 87.7 Å². The third-order valence-electron chi connectivity index (χ3n) is 8.27. The molecule has 8 nitrogen and oxygen atoms in total. The number of piperidine rings is 1. The quantitative estimate of drug-likeness (QED) is 0.165. The summed E-state index contributed by atoms with van der Waals surface area (Å²) in [7, 11) is 2.92. The molecule has 1 N–H and O–H groups in total. The number of aromatic amines is 1. The van der Waals surface area contributed by atoms with Crippen LogP contribution in [0.25, 0.3) is 11.0 Å². The van der Waals surface area contributed by atoms with Crippen molar-refractivity contribution in [1.29, 1.82) is 0 Å². The molecule has 1 amide bonds. The number of para-hydroxylation sites is 2. The molecule has 0 unspecified atom stereocenters. The van der Waals surface area contributed by atoms with Gasteiger partial charge in [0.1, 0.15) is 11.5 Å². The molecular formula is C33H33Cl2F3N4O4. The summed E-state index contributed by atoms with van der Waals surface area (Å²) in [5.41, 5.74) is 2.41. The molecule has 1 aliphatic heterocycles. The molecule has 46 heavy (non-hydrogen) atoms. The Morgan fingerprint density at radius 1 is 1.07 bits per heavy atom. The molecular weight excluding hydrogens is 644 g/mol. The maximum atomic E-state index is 13.5. The Labute approximate surface area is 274 Å². The fourth-order valence-corrected chi connectivity index (χ4v) is 6.13. The fraction of sp³-hybridized carbons (Fsp3) is 0.364. The van der Waals surface area contributed by atoms with E-state index in [1.54, 1.807) is 19.2 Å². The van der Waals surface area contributed by atoms with Gasteiger partial charge in [-0.3, -0.25) is 9.59 Å². The van der Waals surface area contributed by atoms with E-state index >= 15 is 0 Å². The van der Waals surface area contributed by atoms with Gasteiger partial charge in [0.2, 0.25) is 5.78 Å². The molecule has 0 aliphatic carbocycles. The Morgan fingerprint density at radius 3 is 2.48 bits per heavy atom. The smallest absolute Gasteiger partial charge is 0.496 e. The van der Waals surface area contributed by atoms with Crippen LogP contribution < -0.4 is 9.47 Å². The van der Waals surface area contributed by atoms with Crippen molar-refractivity contribution in [2.75, 3.05) is 40.3 Å². The molecule has 3 aromatic carbocycles. The Bertz CT molecular complexity index is 1670. The van der Waals surface area contributed by atoms with Crippen molar-refractivity contribution in [2.45, 2.75) is 31.5 Å². The molecule has 244 valence electrons. The summed E-state index contributed by atoms with van der Waals surface area (Å²) in [6, 6.07) is 16.3. The summed E-state index contributed by atoms with van der Waals surface area (Å²) in [5, 5.41) is 0.776. The standard InChI is InChI=1S/C33H33Cl2F3N4O4/c1-41(32(44)24-18-23(46-33(36,37)38)8-10-29(24)45-2)19-22(21-7-9-25(34)26(35)17-21)13-16-42-14-11-20(12-15-42)30(43)31-39-27-5-3-4-6-28(27)40-31/h3-10,17-18,20,22H,11-16,19H2,1-2H3,(H,39,40)/t22-/m0/s1. The van der Waals surface area contributed by atoms with Crippen molar-refractivity contribution < 1.29 is 32.2 Å². The van der Waals surface area contributed by atoms with Gasteiger partial charge in [-0.25, -0.2) is 4.98 Å². The molecule has 1 aliphatic rings. The van der Waals surface area contributed by atoms with E-state index in [0.29, 0.717) is 41.7 Å². The number of carbonyl (C=O) groups excluding carboxylic acids is 2. The van der Waals surface area contributed by atoms with Crippen molar-refractivity contribution in [3.8, 4) is 11.5 Å². The van der Waals surface area contributed by atoms with E-state index in [0.717, 1.165) is 41.8 Å². The molecule has 0 saturated carbocycles. The lowest BCUT2D eigenvalue weighted by molar-refractivity contribution is -0.274. The molecule has 0 radical (unpaired) electrons. The summed E-state index contributed by atoms with van der Waals surface area (Å²) < 4.78 is 47.9. The predicted molar refractivity (Wildman–Crippen MR) is 170 cm³/mol. The van der Waals surface area contributed by atoms with Crippen molar-refractivity contribution in [3.63, 3.8) is 0 Å². The third-order valence-corrected chi connectivity index (χ3v) is 9.00. The third kappa shape index (κ3) is 8.12. The maximum absolute atomic E-state index is 13.5. The number of rotatable bonds is 11. The average molecular weight is 678 g/mol. The van der Waals surface area contributed by atoms with Crippen LogP contribution in [0.4, 0.5) is 13.2 Å². The number of ether oxygens (including phenoxy) is 2. The van der Waals surface area contributed by atoms with Crippen molar-refractivity contribution >= 4 is 45.9 Å². The van der Waals surface area contributed by atoms with Gasteiger partial charge in [0.25, 0.3) is 5.91 Å². The van der Waals surface area contributed by atoms with Crippen LogP contribution in [0.2, 0.25) is 10.0 Å². The van der Waals surface area contributed by atoms with Gasteiger partial charge in [-0.1, -0.05) is 41.4 Å². The lowest BCUT2D eigenvalue weighted by Gasteiger charge is -2.33. The van der Waals surface area contributed by atoms with Gasteiger partial charge in [-0.05, 0) is 86.9 Å². The first kappa shape index (κ1) is 33.6. The van der Waals surface area contributed by atoms with E-state index in [2.05, 4.69) is 19.6 Å². The highest BCUT2D eigenvalue weighted by Gasteiger charge is 2.32. The number of amides is 1. The number of hydrogen-bond donors (Lipinski definition) is 1. The van der Waals surface area contributed by atoms with E-state index in [1.165, 1.54) is 18.1 Å². The van der Waals surface area contributed by atoms with Crippen LogP contribution in [0.3, 0.4) is 0 Å². The molecule has 4 aromatic rings. The second-order valence-electron chi connectivity index (χ2n) is 11.3. The van der Waals surface area contributed by atoms with Gasteiger partial charge in [-0.15, -0.1) is 13.2 Å². The number of carbonyl (C=O) groups is 2. The van der Waals surface area contributed by atoms with E-state index in [4.69, 9.17) is 27.9 Å². The van der Waals surface area contributed by atoms with Gasteiger partial charge < -0.3 is 24.3 Å². The first-order valence-electron chi connectivity index (χ1n) is 14.8. The predicted octanol–water partition coefficient (Wildman–Crippen LogP) is 7.62. The monoisotopic (exact) mass is 676 g/mol. The normalized spacial score (nSPS) is 15.1. The number of alkyl halides is 3. The molecule has 1 fully saturated rings. The zero-order valence-electron chi connectivity index (χ0n) is 25.2. The summed E-state index contributed by atoms with van der Waals surface area (Å²) in [5.74, 6) is -0.827. The van der Waals surface area contributed by atoms with Gasteiger partial charge in [0, 0.05) is 25.4 Å². The first-order chi connectivity index (χ1) is 21.9. The lowest BCUT2D eigenvalue weighted by atomic mass is 9.90. The Kier molecular flexibility index (Phi) is 10.4. The SMILES string of the molecule is COc1ccc(OC(F)(F)F)cc1C(=O)N(C)C[C@H](CCN1CCC(C(=O)c2nc3ccccc3[nH]2)CC1)c1ccc(Cl)c(Cl)c1. The summed E-state index contributed by atoms with van der Waals surface area (Å²) in [6.07, 6.45) is -2.87. The Hall–Kier alpha value is -3.80. The van der Waals surface area contributed by atoms with E-state index in [-0.39, 0.29) is 35.5 Å². The minimum Gasteiger partial charge on any atom is -0.496 e. The lowest BCUT2D eigenvalue weighted by Crippen LogP contribution is -2.38. The molecule has 2 heterocycles. The van der Waals surface area contributed by atoms with Gasteiger partial charge in [0.15, 0.2) is 5.82 Å². The largest absolute Gasteiger partial charge is 0.573 e. The van der Waals surface area contributed by atoms with Gasteiger partial charge in [-0.2, -0.15) is 0 Å². The van der Waals surface area contributed by atoms with Crippen LogP contribution in [-0.4, -0.2) is 78.2 Å². The second-order valence-corrected chi connectivity index (χ2v) is 12.2. The van der Waals surface area contributed by atoms with Crippen molar-refractivity contribution in [2.24, 2.45) is 5.92 Å². The zero-order valence-corrected chi connectivity index (χ0v) is 26.8. The molecule has 5 rings (SSSR count). The molecule has 0 spiro atoms. The van der Waals surface area contributed by atoms with Crippen LogP contribution in [0.15, 0.2) is 60.7 Å². The van der Waals surface area contributed by atoms with E-state index in [9.17, 15) is 22.8 Å². The number of hydrogen-bond acceptors (Lipinski definition) is 6. The summed E-state index contributed by atoms with van der Waals surface area (Å²) >= 11 is 12.5. The number of Topliss-reactive ketones (excluding diaryl/α,β-unsaturated/α-hetero) is 1. The zero-order chi connectivity index (χ0) is 33.0. The summed E-state index contributed by atoms with van der Waals surface area (Å²) in [4.78, 5) is 38.0. The van der Waals surface area contributed by atoms with E-state index < -0.39 is 18.0 Å². The topological polar surface area (TPSA) is 87.8 Å². The van der Waals surface area contributed by atoms with Gasteiger partial charge >= 0.3 is 6.36 Å². The van der Waals surface area contributed by atoms with Crippen LogP contribution in [0.5, 0.6) is 11.5 Å². The highest BCUT2D eigenvalue weighted by atomic mass is 35.5. The molecule has 0 bridgehead atoms. The first-order valence-corrected chi connectivity index (χ1v) is 15.5. The number of likely N-dealkylation sites (tertiary alicyclic amines) is 1. The van der Waals surface area contributed by atoms with E-state index in [1.807, 2.05) is 30.3 Å². The fourth-order valence-electron chi connectivity index (χ4n) is 5.82. The number of nitrogens with one attached hydrogen (secondary N) is 1. The number of imidazole rings is 1. The molecule has 1 aromatic heterocycles. The number of ketones is 1. The number of methoxy groups -OCH3 is 1. The molecule has 1 atom stereocenters. The number of nitrogens with zero attached hydrogens (tertiary/aromatic N) is 3. The highest BCUT2D eigenvalue weighted by Crippen LogP contribution is 2.32.